The van der Waals surface area contributed by atoms with Crippen LogP contribution in [-0.4, -0.2) is 19.5 Å². The minimum atomic E-state index is -4.88. The van der Waals surface area contributed by atoms with Crippen molar-refractivity contribution in [2.75, 3.05) is 13.2 Å². The van der Waals surface area contributed by atoms with E-state index >= 15 is 0 Å². The third-order valence-corrected chi connectivity index (χ3v) is 2.73. The van der Waals surface area contributed by atoms with Crippen molar-refractivity contribution in [1.29, 1.82) is 0 Å². The van der Waals surface area contributed by atoms with E-state index in [1.54, 1.807) is 6.07 Å². The lowest BCUT2D eigenvalue weighted by molar-refractivity contribution is -0.275. The highest BCUT2D eigenvalue weighted by atomic mass is 35.5. The quantitative estimate of drug-likeness (QED) is 0.823. The van der Waals surface area contributed by atoms with Gasteiger partial charge in [-0.15, -0.1) is 25.6 Å². The van der Waals surface area contributed by atoms with Gasteiger partial charge in [-0.2, -0.15) is 0 Å². The van der Waals surface area contributed by atoms with Gasteiger partial charge in [-0.1, -0.05) is 24.3 Å². The summed E-state index contributed by atoms with van der Waals surface area (Å²) in [5.74, 6) is -1.19. The molecule has 0 saturated carbocycles. The van der Waals surface area contributed by atoms with Gasteiger partial charge in [0.2, 0.25) is 0 Å². The monoisotopic (exact) mass is 351 g/mol. The van der Waals surface area contributed by atoms with Crippen LogP contribution in [0, 0.1) is 5.82 Å². The molecule has 2 rings (SSSR count). The Morgan fingerprint density at radius 3 is 2.30 bits per heavy atom. The predicted octanol–water partition coefficient (Wildman–Crippen LogP) is 4.15. The molecule has 3 nitrogen and oxygen atoms in total. The molecule has 0 aliphatic heterocycles. The number of halogens is 5. The van der Waals surface area contributed by atoms with Crippen molar-refractivity contribution in [3.8, 4) is 22.6 Å². The number of rotatable bonds is 5. The highest BCUT2D eigenvalue weighted by Gasteiger charge is 2.32. The molecule has 8 heteroatoms. The third kappa shape index (κ3) is 5.30. The van der Waals surface area contributed by atoms with Gasteiger partial charge in [0.25, 0.3) is 0 Å². The lowest BCUT2D eigenvalue weighted by atomic mass is 10.0. The van der Waals surface area contributed by atoms with Gasteiger partial charge in [-0.25, -0.2) is 4.39 Å². The van der Waals surface area contributed by atoms with E-state index in [0.717, 1.165) is 6.07 Å². The van der Waals surface area contributed by atoms with Crippen LogP contribution < -0.4 is 15.2 Å². The normalized spacial score (nSPS) is 10.8. The van der Waals surface area contributed by atoms with Gasteiger partial charge < -0.3 is 15.2 Å². The van der Waals surface area contributed by atoms with E-state index in [2.05, 4.69) is 4.74 Å². The minimum Gasteiger partial charge on any atom is -0.488 e. The molecule has 0 heterocycles. The van der Waals surface area contributed by atoms with Crippen LogP contribution in [0.4, 0.5) is 17.6 Å². The molecule has 0 aliphatic rings. The number of ether oxygens (including phenoxy) is 2. The Hall–Kier alpha value is -1.99. The maximum absolute atomic E-state index is 13.7. The summed E-state index contributed by atoms with van der Waals surface area (Å²) in [7, 11) is 0. The van der Waals surface area contributed by atoms with Gasteiger partial charge in [-0.3, -0.25) is 0 Å². The standard InChI is InChI=1S/C15H13F4NO2.ClH/c16-12-4-2-1-3-11(12)10-5-6-13(21-8-7-20)14(9-10)22-15(17,18)19;/h1-6,9H,7-8,20H2;1H. The fourth-order valence-corrected chi connectivity index (χ4v) is 1.86. The molecule has 0 fully saturated rings. The maximum Gasteiger partial charge on any atom is 0.573 e. The van der Waals surface area contributed by atoms with E-state index in [0.29, 0.717) is 0 Å². The van der Waals surface area contributed by atoms with E-state index in [4.69, 9.17) is 10.5 Å². The summed E-state index contributed by atoms with van der Waals surface area (Å²) in [5, 5.41) is 0. The van der Waals surface area contributed by atoms with Crippen LogP contribution in [0.3, 0.4) is 0 Å². The lowest BCUT2D eigenvalue weighted by Gasteiger charge is -2.15. The molecular formula is C15H14ClF4NO2. The zero-order chi connectivity index (χ0) is 16.2. The number of hydrogen-bond donors (Lipinski definition) is 1. The van der Waals surface area contributed by atoms with Crippen LogP contribution in [0.5, 0.6) is 11.5 Å². The van der Waals surface area contributed by atoms with Gasteiger partial charge in [0.15, 0.2) is 11.5 Å². The van der Waals surface area contributed by atoms with E-state index in [1.165, 1.54) is 30.3 Å². The highest BCUT2D eigenvalue weighted by molar-refractivity contribution is 5.85. The van der Waals surface area contributed by atoms with Crippen molar-refractivity contribution in [3.63, 3.8) is 0 Å². The number of benzene rings is 2. The second-order valence-electron chi connectivity index (χ2n) is 4.33. The first-order valence-corrected chi connectivity index (χ1v) is 6.38. The van der Waals surface area contributed by atoms with Crippen molar-refractivity contribution in [3.05, 3.63) is 48.3 Å². The third-order valence-electron chi connectivity index (χ3n) is 2.73. The fraction of sp³-hybridized carbons (Fsp3) is 0.200. The SMILES string of the molecule is Cl.NCCOc1ccc(-c2ccccc2F)cc1OC(F)(F)F. The zero-order valence-corrected chi connectivity index (χ0v) is 12.6. The van der Waals surface area contributed by atoms with Gasteiger partial charge in [0, 0.05) is 12.1 Å². The van der Waals surface area contributed by atoms with Gasteiger partial charge in [-0.05, 0) is 23.8 Å². The Bertz CT molecular complexity index is 650. The molecule has 0 radical (unpaired) electrons. The Balaban J connectivity index is 0.00000264. The molecule has 0 unspecified atom stereocenters. The van der Waals surface area contributed by atoms with Crippen molar-refractivity contribution in [2.24, 2.45) is 5.73 Å². The Morgan fingerprint density at radius 2 is 1.70 bits per heavy atom. The number of alkyl halides is 3. The molecule has 2 aromatic rings. The second kappa shape index (κ2) is 8.03. The molecule has 126 valence electrons. The topological polar surface area (TPSA) is 44.5 Å². The van der Waals surface area contributed by atoms with Crippen LogP contribution in [0.15, 0.2) is 42.5 Å². The summed E-state index contributed by atoms with van der Waals surface area (Å²) in [5.41, 5.74) is 5.67. The van der Waals surface area contributed by atoms with Gasteiger partial charge in [0.05, 0.1) is 0 Å². The number of nitrogens with two attached hydrogens (primary N) is 1. The van der Waals surface area contributed by atoms with Crippen LogP contribution in [0.1, 0.15) is 0 Å². The van der Waals surface area contributed by atoms with Crippen LogP contribution >= 0.6 is 12.4 Å². The Morgan fingerprint density at radius 1 is 1.00 bits per heavy atom. The first-order valence-electron chi connectivity index (χ1n) is 6.38. The van der Waals surface area contributed by atoms with E-state index < -0.39 is 17.9 Å². The second-order valence-corrected chi connectivity index (χ2v) is 4.33. The predicted molar refractivity (Wildman–Crippen MR) is 80.3 cm³/mol. The molecule has 2 aromatic carbocycles. The average Bonchev–Trinajstić information content (AvgIpc) is 2.45. The molecule has 2 N–H and O–H groups in total. The molecular weight excluding hydrogens is 338 g/mol. The highest BCUT2D eigenvalue weighted by Crippen LogP contribution is 2.36. The fourth-order valence-electron chi connectivity index (χ4n) is 1.86. The minimum absolute atomic E-state index is 0. The van der Waals surface area contributed by atoms with Crippen molar-refractivity contribution < 1.29 is 27.0 Å². The van der Waals surface area contributed by atoms with Crippen LogP contribution in [-0.2, 0) is 0 Å². The van der Waals surface area contributed by atoms with Crippen molar-refractivity contribution >= 4 is 12.4 Å². The molecule has 0 amide bonds. The van der Waals surface area contributed by atoms with E-state index in [1.807, 2.05) is 0 Å². The lowest BCUT2D eigenvalue weighted by Crippen LogP contribution is -2.18. The molecule has 0 atom stereocenters. The summed E-state index contributed by atoms with van der Waals surface area (Å²) in [6.07, 6.45) is -4.88. The van der Waals surface area contributed by atoms with Crippen molar-refractivity contribution in [1.82, 2.24) is 0 Å². The summed E-state index contributed by atoms with van der Waals surface area (Å²) < 4.78 is 60.2. The van der Waals surface area contributed by atoms with E-state index in [-0.39, 0.29) is 42.4 Å². The summed E-state index contributed by atoms with van der Waals surface area (Å²) in [6.45, 7) is 0.174. The smallest absolute Gasteiger partial charge is 0.488 e. The largest absolute Gasteiger partial charge is 0.573 e. The van der Waals surface area contributed by atoms with Crippen LogP contribution in [0.2, 0.25) is 0 Å². The van der Waals surface area contributed by atoms with Gasteiger partial charge in [0.1, 0.15) is 12.4 Å². The maximum atomic E-state index is 13.7. The summed E-state index contributed by atoms with van der Waals surface area (Å²) in [4.78, 5) is 0. The van der Waals surface area contributed by atoms with Crippen molar-refractivity contribution in [2.45, 2.75) is 6.36 Å². The van der Waals surface area contributed by atoms with Gasteiger partial charge >= 0.3 is 6.36 Å². The summed E-state index contributed by atoms with van der Waals surface area (Å²) >= 11 is 0. The molecule has 0 aromatic heterocycles. The first kappa shape index (κ1) is 19.1. The molecule has 0 bridgehead atoms. The number of hydrogen-bond acceptors (Lipinski definition) is 3. The van der Waals surface area contributed by atoms with Crippen LogP contribution in [0.25, 0.3) is 11.1 Å². The molecule has 23 heavy (non-hydrogen) atoms. The Kier molecular flexibility index (Phi) is 6.65. The molecule has 0 spiro atoms. The molecule has 0 aliphatic carbocycles. The Labute approximate surface area is 136 Å². The summed E-state index contributed by atoms with van der Waals surface area (Å²) in [6, 6.07) is 9.58. The van der Waals surface area contributed by atoms with E-state index in [9.17, 15) is 17.6 Å². The first-order chi connectivity index (χ1) is 10.4. The molecule has 0 saturated heterocycles. The average molecular weight is 352 g/mol. The zero-order valence-electron chi connectivity index (χ0n) is 11.8.